The van der Waals surface area contributed by atoms with Crippen LogP contribution in [0.15, 0.2) is 30.3 Å². The zero-order valence-corrected chi connectivity index (χ0v) is 12.9. The number of carbonyl (C=O) groups is 1. The largest absolute Gasteiger partial charge is 0.334 e. The molecule has 1 aromatic heterocycles. The van der Waals surface area contributed by atoms with E-state index in [1.807, 2.05) is 4.90 Å². The Bertz CT molecular complexity index is 678. The van der Waals surface area contributed by atoms with Crippen molar-refractivity contribution in [3.05, 3.63) is 41.8 Å². The Morgan fingerprint density at radius 1 is 1.36 bits per heavy atom. The Morgan fingerprint density at radius 2 is 2.09 bits per heavy atom. The topological polar surface area (TPSA) is 38.1 Å². The van der Waals surface area contributed by atoms with E-state index in [-0.39, 0.29) is 11.7 Å². The van der Waals surface area contributed by atoms with Crippen LogP contribution in [-0.2, 0) is 7.05 Å². The van der Waals surface area contributed by atoms with Gasteiger partial charge in [0.15, 0.2) is 5.69 Å². The summed E-state index contributed by atoms with van der Waals surface area (Å²) in [5.74, 6) is -0.279. The summed E-state index contributed by atoms with van der Waals surface area (Å²) in [5, 5.41) is 4.35. The van der Waals surface area contributed by atoms with Crippen LogP contribution in [0.5, 0.6) is 0 Å². The van der Waals surface area contributed by atoms with Gasteiger partial charge in [-0.15, -0.1) is 0 Å². The number of benzene rings is 1. The molecule has 0 N–H and O–H groups in total. The highest BCUT2D eigenvalue weighted by Crippen LogP contribution is 2.25. The van der Waals surface area contributed by atoms with Crippen molar-refractivity contribution >= 4 is 5.91 Å². The summed E-state index contributed by atoms with van der Waals surface area (Å²) in [6.45, 7) is 2.92. The molecule has 1 unspecified atom stereocenters. The molecule has 0 saturated carbocycles. The van der Waals surface area contributed by atoms with Crippen molar-refractivity contribution in [3.8, 4) is 11.3 Å². The van der Waals surface area contributed by atoms with Crippen molar-refractivity contribution in [2.24, 2.45) is 7.05 Å². The monoisotopic (exact) mass is 301 g/mol. The summed E-state index contributed by atoms with van der Waals surface area (Å²) in [6, 6.07) is 8.34. The van der Waals surface area contributed by atoms with E-state index < -0.39 is 0 Å². The first kappa shape index (κ1) is 14.8. The number of carbonyl (C=O) groups excluding carboxylic acids is 1. The molecule has 1 aliphatic heterocycles. The minimum absolute atomic E-state index is 0.00619. The molecule has 22 heavy (non-hydrogen) atoms. The van der Waals surface area contributed by atoms with Crippen LogP contribution in [0.4, 0.5) is 4.39 Å². The minimum atomic E-state index is -0.273. The van der Waals surface area contributed by atoms with E-state index in [0.717, 1.165) is 37.1 Å². The minimum Gasteiger partial charge on any atom is -0.334 e. The highest BCUT2D eigenvalue weighted by Gasteiger charge is 2.29. The van der Waals surface area contributed by atoms with E-state index in [1.54, 1.807) is 29.9 Å². The Kier molecular flexibility index (Phi) is 3.96. The highest BCUT2D eigenvalue weighted by atomic mass is 19.1. The van der Waals surface area contributed by atoms with E-state index in [9.17, 15) is 9.18 Å². The van der Waals surface area contributed by atoms with E-state index in [4.69, 9.17) is 0 Å². The number of amides is 1. The quantitative estimate of drug-likeness (QED) is 0.873. The van der Waals surface area contributed by atoms with Gasteiger partial charge in [-0.05, 0) is 55.2 Å². The molecule has 0 spiro atoms. The molecule has 1 saturated heterocycles. The van der Waals surface area contributed by atoms with Crippen LogP contribution in [0.3, 0.4) is 0 Å². The van der Waals surface area contributed by atoms with Crippen molar-refractivity contribution in [3.63, 3.8) is 0 Å². The number of hydrogen-bond acceptors (Lipinski definition) is 2. The molecular formula is C17H20FN3O. The maximum Gasteiger partial charge on any atom is 0.274 e. The van der Waals surface area contributed by atoms with Gasteiger partial charge in [-0.2, -0.15) is 5.10 Å². The second-order valence-electron chi connectivity index (χ2n) is 5.75. The van der Waals surface area contributed by atoms with Crippen molar-refractivity contribution in [2.45, 2.75) is 32.2 Å². The Labute approximate surface area is 129 Å². The summed E-state index contributed by atoms with van der Waals surface area (Å²) >= 11 is 0. The number of aromatic nitrogens is 2. The normalized spacial score (nSPS) is 18.0. The molecule has 1 aromatic carbocycles. The molecule has 2 heterocycles. The molecule has 4 nitrogen and oxygen atoms in total. The molecule has 0 bridgehead atoms. The maximum atomic E-state index is 13.0. The molecule has 5 heteroatoms. The van der Waals surface area contributed by atoms with E-state index in [0.29, 0.717) is 11.7 Å². The van der Waals surface area contributed by atoms with Crippen molar-refractivity contribution in [2.75, 3.05) is 6.54 Å². The Balaban J connectivity index is 1.88. The number of aryl methyl sites for hydroxylation is 1. The maximum absolute atomic E-state index is 13.0. The summed E-state index contributed by atoms with van der Waals surface area (Å²) in [7, 11) is 1.80. The number of likely N-dealkylation sites (tertiary alicyclic amines) is 1. The molecule has 1 atom stereocenters. The molecule has 2 aromatic rings. The van der Waals surface area contributed by atoms with Gasteiger partial charge in [-0.3, -0.25) is 9.48 Å². The summed E-state index contributed by atoms with van der Waals surface area (Å²) in [6.07, 6.45) is 3.10. The zero-order valence-electron chi connectivity index (χ0n) is 12.9. The van der Waals surface area contributed by atoms with Gasteiger partial charge in [-0.25, -0.2) is 4.39 Å². The number of nitrogens with zero attached hydrogens (tertiary/aromatic N) is 3. The van der Waals surface area contributed by atoms with Gasteiger partial charge in [-0.1, -0.05) is 6.92 Å². The third-order valence-corrected chi connectivity index (χ3v) is 4.35. The summed E-state index contributed by atoms with van der Waals surface area (Å²) < 4.78 is 14.7. The first-order chi connectivity index (χ1) is 10.6. The van der Waals surface area contributed by atoms with Crippen LogP contribution in [0.1, 0.15) is 36.7 Å². The average molecular weight is 301 g/mol. The fourth-order valence-electron chi connectivity index (χ4n) is 3.14. The van der Waals surface area contributed by atoms with Crippen LogP contribution >= 0.6 is 0 Å². The van der Waals surface area contributed by atoms with Gasteiger partial charge in [0.05, 0.1) is 5.69 Å². The third kappa shape index (κ3) is 2.63. The number of rotatable bonds is 3. The van der Waals surface area contributed by atoms with Crippen LogP contribution in [0.2, 0.25) is 0 Å². The lowest BCUT2D eigenvalue weighted by Gasteiger charge is -2.22. The molecule has 1 aliphatic rings. The molecule has 0 aliphatic carbocycles. The number of hydrogen-bond donors (Lipinski definition) is 0. The second kappa shape index (κ2) is 5.91. The number of halogens is 1. The predicted octanol–water partition coefficient (Wildman–Crippen LogP) is 3.24. The molecule has 0 radical (unpaired) electrons. The molecule has 116 valence electrons. The van der Waals surface area contributed by atoms with Gasteiger partial charge < -0.3 is 4.90 Å². The standard InChI is InChI=1S/C17H20FN3O/c1-3-14-5-4-10-21(14)17(22)15-11-16(20(2)19-15)12-6-8-13(18)9-7-12/h6-9,11,14H,3-5,10H2,1-2H3. The highest BCUT2D eigenvalue weighted by molar-refractivity contribution is 5.93. The lowest BCUT2D eigenvalue weighted by Crippen LogP contribution is -2.35. The van der Waals surface area contributed by atoms with Crippen molar-refractivity contribution in [1.82, 2.24) is 14.7 Å². The lowest BCUT2D eigenvalue weighted by atomic mass is 10.1. The molecular weight excluding hydrogens is 281 g/mol. The molecule has 3 rings (SSSR count). The Morgan fingerprint density at radius 3 is 2.77 bits per heavy atom. The predicted molar refractivity (Wildman–Crippen MR) is 83.0 cm³/mol. The lowest BCUT2D eigenvalue weighted by molar-refractivity contribution is 0.0727. The van der Waals surface area contributed by atoms with Gasteiger partial charge >= 0.3 is 0 Å². The summed E-state index contributed by atoms with van der Waals surface area (Å²) in [4.78, 5) is 14.6. The SMILES string of the molecule is CCC1CCCN1C(=O)c1cc(-c2ccc(F)cc2)n(C)n1. The summed E-state index contributed by atoms with van der Waals surface area (Å²) in [5.41, 5.74) is 2.13. The fourth-order valence-corrected chi connectivity index (χ4v) is 3.14. The van der Waals surface area contributed by atoms with Crippen LogP contribution in [0.25, 0.3) is 11.3 Å². The first-order valence-corrected chi connectivity index (χ1v) is 7.71. The first-order valence-electron chi connectivity index (χ1n) is 7.71. The van der Waals surface area contributed by atoms with Crippen LogP contribution in [0, 0.1) is 5.82 Å². The third-order valence-electron chi connectivity index (χ3n) is 4.35. The zero-order chi connectivity index (χ0) is 15.7. The van der Waals surface area contributed by atoms with E-state index in [2.05, 4.69) is 12.0 Å². The van der Waals surface area contributed by atoms with E-state index in [1.165, 1.54) is 12.1 Å². The van der Waals surface area contributed by atoms with Crippen molar-refractivity contribution < 1.29 is 9.18 Å². The van der Waals surface area contributed by atoms with Gasteiger partial charge in [0.25, 0.3) is 5.91 Å². The smallest absolute Gasteiger partial charge is 0.274 e. The fraction of sp³-hybridized carbons (Fsp3) is 0.412. The Hall–Kier alpha value is -2.17. The van der Waals surface area contributed by atoms with E-state index >= 15 is 0 Å². The average Bonchev–Trinajstić information content (AvgIpc) is 3.14. The van der Waals surface area contributed by atoms with Gasteiger partial charge in [0.2, 0.25) is 0 Å². The van der Waals surface area contributed by atoms with Gasteiger partial charge in [0.1, 0.15) is 5.82 Å². The van der Waals surface area contributed by atoms with Crippen molar-refractivity contribution in [1.29, 1.82) is 0 Å². The van der Waals surface area contributed by atoms with Gasteiger partial charge in [0, 0.05) is 19.6 Å². The molecule has 1 amide bonds. The molecule has 1 fully saturated rings. The van der Waals surface area contributed by atoms with Crippen LogP contribution < -0.4 is 0 Å². The van der Waals surface area contributed by atoms with Crippen LogP contribution in [-0.4, -0.2) is 33.2 Å². The second-order valence-corrected chi connectivity index (χ2v) is 5.75.